The zero-order valence-corrected chi connectivity index (χ0v) is 22.3. The number of unbranched alkanes of at least 4 members (excludes halogenated alkanes) is 9. The first-order valence-corrected chi connectivity index (χ1v) is 13.7. The van der Waals surface area contributed by atoms with E-state index in [0.29, 0.717) is 23.9 Å². The zero-order chi connectivity index (χ0) is 25.7. The predicted octanol–water partition coefficient (Wildman–Crippen LogP) is 7.72. The number of aromatic nitrogens is 2. The number of esters is 1. The summed E-state index contributed by atoms with van der Waals surface area (Å²) in [6.45, 7) is 6.63. The topological polar surface area (TPSA) is 70.5 Å². The fraction of sp³-hybridized carbons (Fsp3) is 0.567. The lowest BCUT2D eigenvalue weighted by Gasteiger charge is -2.07. The number of nitrogens with zero attached hydrogens (tertiary/aromatic N) is 2. The van der Waals surface area contributed by atoms with E-state index in [1.54, 1.807) is 24.5 Å². The van der Waals surface area contributed by atoms with Crippen molar-refractivity contribution in [3.05, 3.63) is 48.8 Å². The summed E-state index contributed by atoms with van der Waals surface area (Å²) < 4.78 is 16.7. The first-order chi connectivity index (χ1) is 17.7. The van der Waals surface area contributed by atoms with Crippen LogP contribution in [0.1, 0.15) is 90.9 Å². The second-order valence-electron chi connectivity index (χ2n) is 9.02. The van der Waals surface area contributed by atoms with Crippen molar-refractivity contribution in [1.29, 1.82) is 0 Å². The maximum Gasteiger partial charge on any atom is 0.335 e. The molecule has 0 aliphatic rings. The van der Waals surface area contributed by atoms with Crippen LogP contribution in [0.4, 0.5) is 0 Å². The van der Waals surface area contributed by atoms with E-state index < -0.39 is 0 Å². The van der Waals surface area contributed by atoms with Crippen molar-refractivity contribution in [1.82, 2.24) is 9.97 Å². The molecule has 1 heterocycles. The molecule has 2 rings (SSSR count). The Balaban J connectivity index is 1.64. The highest BCUT2D eigenvalue weighted by Gasteiger charge is 2.05. The molecule has 6 nitrogen and oxygen atoms in total. The van der Waals surface area contributed by atoms with Gasteiger partial charge in [0.15, 0.2) is 11.6 Å². The highest BCUT2D eigenvalue weighted by molar-refractivity contribution is 5.84. The molecule has 6 heteroatoms. The molecular weight excluding hydrogens is 452 g/mol. The summed E-state index contributed by atoms with van der Waals surface area (Å²) in [4.78, 5) is 20.8. The van der Waals surface area contributed by atoms with Gasteiger partial charge in [0, 0.05) is 24.9 Å². The lowest BCUT2D eigenvalue weighted by molar-refractivity contribution is -0.129. The third-order valence-corrected chi connectivity index (χ3v) is 5.78. The Kier molecular flexibility index (Phi) is 15.9. The number of hydrogen-bond acceptors (Lipinski definition) is 6. The summed E-state index contributed by atoms with van der Waals surface area (Å²) >= 11 is 0. The minimum atomic E-state index is -0.351. The molecule has 1 aromatic carbocycles. The summed E-state index contributed by atoms with van der Waals surface area (Å²) in [6, 6.07) is 7.21. The van der Waals surface area contributed by atoms with E-state index in [9.17, 15) is 4.79 Å². The molecule has 0 saturated heterocycles. The van der Waals surface area contributed by atoms with Crippen LogP contribution in [-0.4, -0.2) is 35.8 Å². The van der Waals surface area contributed by atoms with Crippen LogP contribution in [0.25, 0.3) is 11.4 Å². The van der Waals surface area contributed by atoms with Gasteiger partial charge in [-0.05, 0) is 56.4 Å². The summed E-state index contributed by atoms with van der Waals surface area (Å²) in [5, 5.41) is 0. The molecule has 0 unspecified atom stereocenters. The van der Waals surface area contributed by atoms with E-state index in [-0.39, 0.29) is 5.97 Å². The van der Waals surface area contributed by atoms with E-state index in [1.165, 1.54) is 44.6 Å². The number of ether oxygens (including phenoxy) is 3. The summed E-state index contributed by atoms with van der Waals surface area (Å²) in [5.41, 5.74) is 0.847. The first kappa shape index (κ1) is 29.5. The van der Waals surface area contributed by atoms with Crippen LogP contribution >= 0.6 is 0 Å². The lowest BCUT2D eigenvalue weighted by atomic mass is 10.1. The molecule has 1 aromatic heterocycles. The second-order valence-corrected chi connectivity index (χ2v) is 9.02. The third-order valence-electron chi connectivity index (χ3n) is 5.78. The van der Waals surface area contributed by atoms with Crippen LogP contribution in [0.3, 0.4) is 0 Å². The van der Waals surface area contributed by atoms with Crippen molar-refractivity contribution in [2.24, 2.45) is 0 Å². The van der Waals surface area contributed by atoms with Crippen LogP contribution in [0, 0.1) is 0 Å². The number of carbonyl (C=O) groups is 1. The molecule has 0 atom stereocenters. The molecule has 0 spiro atoms. The number of rotatable bonds is 20. The van der Waals surface area contributed by atoms with Gasteiger partial charge in [0.1, 0.15) is 5.75 Å². The molecule has 198 valence electrons. The maximum absolute atomic E-state index is 12.0. The van der Waals surface area contributed by atoms with Gasteiger partial charge in [0.05, 0.1) is 19.0 Å². The number of benzene rings is 1. The van der Waals surface area contributed by atoms with Gasteiger partial charge in [-0.25, -0.2) is 14.8 Å². The van der Waals surface area contributed by atoms with Crippen LogP contribution < -0.4 is 9.47 Å². The molecule has 0 aliphatic carbocycles. The molecule has 0 saturated carbocycles. The van der Waals surface area contributed by atoms with Crippen LogP contribution in [0.15, 0.2) is 48.8 Å². The zero-order valence-electron chi connectivity index (χ0n) is 22.3. The lowest BCUT2D eigenvalue weighted by Crippen LogP contribution is -2.03. The Morgan fingerprint density at radius 3 is 2.11 bits per heavy atom. The Morgan fingerprint density at radius 1 is 0.750 bits per heavy atom. The van der Waals surface area contributed by atoms with Crippen molar-refractivity contribution in [3.63, 3.8) is 0 Å². The molecule has 36 heavy (non-hydrogen) atoms. The van der Waals surface area contributed by atoms with Crippen molar-refractivity contribution >= 4 is 5.97 Å². The van der Waals surface area contributed by atoms with Crippen molar-refractivity contribution in [2.75, 3.05) is 19.8 Å². The van der Waals surface area contributed by atoms with Gasteiger partial charge in [-0.15, -0.1) is 0 Å². The van der Waals surface area contributed by atoms with E-state index in [4.69, 9.17) is 14.2 Å². The standard InChI is InChI=1S/C30H44N2O4/c1-3-5-7-8-9-10-11-12-13-16-29(33)36-27-19-17-26(18-20-27)30-31-24-28(25-32-30)35-23-15-14-22-34-21-6-4-2/h13,16-20,24-25H,3-12,14-15,21-23H2,1-2H3/b16-13+. The molecular formula is C30H44N2O4. The molecule has 2 aromatic rings. The Morgan fingerprint density at radius 2 is 1.39 bits per heavy atom. The predicted molar refractivity (Wildman–Crippen MR) is 145 cm³/mol. The first-order valence-electron chi connectivity index (χ1n) is 13.7. The minimum absolute atomic E-state index is 0.351. The Bertz CT molecular complexity index is 850. The molecule has 0 bridgehead atoms. The van der Waals surface area contributed by atoms with Gasteiger partial charge in [0.25, 0.3) is 0 Å². The fourth-order valence-corrected chi connectivity index (χ4v) is 3.61. The molecule has 0 amide bonds. The van der Waals surface area contributed by atoms with Crippen LogP contribution in [0.2, 0.25) is 0 Å². The average Bonchev–Trinajstić information content (AvgIpc) is 2.90. The Labute approximate surface area is 217 Å². The average molecular weight is 497 g/mol. The Hall–Kier alpha value is -2.73. The SMILES string of the molecule is CCCCCCCCC/C=C/C(=O)Oc1ccc(-c2ncc(OCCCCOCCCC)cn2)cc1. The third kappa shape index (κ3) is 13.4. The van der Waals surface area contributed by atoms with Gasteiger partial charge >= 0.3 is 5.97 Å². The van der Waals surface area contributed by atoms with Gasteiger partial charge in [0.2, 0.25) is 0 Å². The van der Waals surface area contributed by atoms with Crippen molar-refractivity contribution < 1.29 is 19.0 Å². The molecule has 0 radical (unpaired) electrons. The van der Waals surface area contributed by atoms with Gasteiger partial charge < -0.3 is 14.2 Å². The number of carbonyl (C=O) groups excluding carboxylic acids is 1. The van der Waals surface area contributed by atoms with E-state index in [1.807, 2.05) is 18.2 Å². The van der Waals surface area contributed by atoms with Gasteiger partial charge in [-0.1, -0.05) is 64.9 Å². The molecule has 0 N–H and O–H groups in total. The van der Waals surface area contributed by atoms with E-state index >= 15 is 0 Å². The second kappa shape index (κ2) is 19.5. The van der Waals surface area contributed by atoms with E-state index in [2.05, 4.69) is 23.8 Å². The monoisotopic (exact) mass is 496 g/mol. The van der Waals surface area contributed by atoms with Crippen molar-refractivity contribution in [2.45, 2.75) is 90.9 Å². The van der Waals surface area contributed by atoms with Crippen molar-refractivity contribution in [3.8, 4) is 22.9 Å². The van der Waals surface area contributed by atoms with Crippen LogP contribution in [-0.2, 0) is 9.53 Å². The normalized spacial score (nSPS) is 11.2. The largest absolute Gasteiger partial charge is 0.490 e. The van der Waals surface area contributed by atoms with E-state index in [0.717, 1.165) is 57.3 Å². The fourth-order valence-electron chi connectivity index (χ4n) is 3.61. The summed E-state index contributed by atoms with van der Waals surface area (Å²) in [7, 11) is 0. The van der Waals surface area contributed by atoms with Gasteiger partial charge in [-0.3, -0.25) is 0 Å². The number of allylic oxidation sites excluding steroid dienone is 1. The molecule has 0 aliphatic heterocycles. The van der Waals surface area contributed by atoms with Gasteiger partial charge in [-0.2, -0.15) is 0 Å². The smallest absolute Gasteiger partial charge is 0.335 e. The minimum Gasteiger partial charge on any atom is -0.490 e. The summed E-state index contributed by atoms with van der Waals surface area (Å²) in [6.07, 6.45) is 20.8. The van der Waals surface area contributed by atoms with Crippen LogP contribution in [0.5, 0.6) is 11.5 Å². The quantitative estimate of drug-likeness (QED) is 0.0808. The highest BCUT2D eigenvalue weighted by Crippen LogP contribution is 2.20. The molecule has 0 fully saturated rings. The highest BCUT2D eigenvalue weighted by atomic mass is 16.5. The summed E-state index contributed by atoms with van der Waals surface area (Å²) in [5.74, 6) is 1.40. The maximum atomic E-state index is 12.0. The number of hydrogen-bond donors (Lipinski definition) is 0.